The summed E-state index contributed by atoms with van der Waals surface area (Å²) < 4.78 is 7.94. The number of carbonyl (C=O) groups excluding carboxylic acids is 1. The first-order valence-electron chi connectivity index (χ1n) is 9.63. The monoisotopic (exact) mass is 349 g/mol. The number of hydrogen-bond donors (Lipinski definition) is 1. The maximum atomic E-state index is 12.3. The van der Waals surface area contributed by atoms with E-state index in [0.29, 0.717) is 31.1 Å². The Hall–Kier alpha value is -1.63. The molecule has 1 aliphatic carbocycles. The van der Waals surface area contributed by atoms with E-state index in [-0.39, 0.29) is 6.03 Å². The minimum Gasteiger partial charge on any atom is -0.376 e. The topological polar surface area (TPSA) is 72.3 Å². The number of ether oxygens (including phenoxy) is 1. The van der Waals surface area contributed by atoms with Gasteiger partial charge in [0, 0.05) is 32.6 Å². The second-order valence-electron chi connectivity index (χ2n) is 7.46. The molecule has 1 saturated heterocycles. The third-order valence-corrected chi connectivity index (χ3v) is 5.64. The Morgan fingerprint density at radius 3 is 2.72 bits per heavy atom. The van der Waals surface area contributed by atoms with Crippen LogP contribution in [0.4, 0.5) is 4.79 Å². The summed E-state index contributed by atoms with van der Waals surface area (Å²) in [5, 5.41) is 11.1. The second-order valence-corrected chi connectivity index (χ2v) is 7.46. The van der Waals surface area contributed by atoms with Crippen LogP contribution in [-0.2, 0) is 11.8 Å². The van der Waals surface area contributed by atoms with Crippen molar-refractivity contribution in [1.29, 1.82) is 0 Å². The Labute approximate surface area is 150 Å². The molecule has 2 heterocycles. The third kappa shape index (κ3) is 4.71. The molecule has 7 heteroatoms. The molecule has 1 aliphatic heterocycles. The molecule has 2 fully saturated rings. The van der Waals surface area contributed by atoms with E-state index in [1.165, 1.54) is 19.3 Å². The number of nitrogens with zero attached hydrogens (tertiary/aromatic N) is 4. The highest BCUT2D eigenvalue weighted by Gasteiger charge is 2.26. The molecule has 0 aromatic carbocycles. The average Bonchev–Trinajstić information content (AvgIpc) is 3.06. The van der Waals surface area contributed by atoms with E-state index in [0.717, 1.165) is 38.2 Å². The quantitative estimate of drug-likeness (QED) is 0.828. The van der Waals surface area contributed by atoms with Crippen molar-refractivity contribution in [2.75, 3.05) is 26.2 Å². The van der Waals surface area contributed by atoms with Crippen LogP contribution in [0.15, 0.2) is 6.33 Å². The van der Waals surface area contributed by atoms with Gasteiger partial charge >= 0.3 is 6.03 Å². The van der Waals surface area contributed by atoms with Gasteiger partial charge in [-0.1, -0.05) is 19.8 Å². The number of hydrogen-bond acceptors (Lipinski definition) is 4. The molecular weight excluding hydrogens is 318 g/mol. The van der Waals surface area contributed by atoms with Crippen LogP contribution in [0.25, 0.3) is 0 Å². The van der Waals surface area contributed by atoms with Crippen LogP contribution in [0.2, 0.25) is 0 Å². The Morgan fingerprint density at radius 2 is 2.04 bits per heavy atom. The van der Waals surface area contributed by atoms with E-state index in [4.69, 9.17) is 4.74 Å². The SMILES string of the molecule is C[C@H]1CCCC[C@@H]1OCCNC(=O)N1CCC(c2nncn2C)CC1. The van der Waals surface area contributed by atoms with Gasteiger partial charge in [0.2, 0.25) is 0 Å². The first-order chi connectivity index (χ1) is 12.1. The molecule has 2 aliphatic rings. The predicted molar refractivity (Wildman–Crippen MR) is 95.3 cm³/mol. The summed E-state index contributed by atoms with van der Waals surface area (Å²) in [6.07, 6.45) is 8.99. The number of amides is 2. The molecule has 25 heavy (non-hydrogen) atoms. The van der Waals surface area contributed by atoms with E-state index in [2.05, 4.69) is 22.4 Å². The predicted octanol–water partition coefficient (Wildman–Crippen LogP) is 2.30. The smallest absolute Gasteiger partial charge is 0.317 e. The van der Waals surface area contributed by atoms with E-state index in [9.17, 15) is 4.79 Å². The number of nitrogens with one attached hydrogen (secondary N) is 1. The molecule has 0 unspecified atom stereocenters. The van der Waals surface area contributed by atoms with Gasteiger partial charge in [-0.2, -0.15) is 0 Å². The van der Waals surface area contributed by atoms with E-state index >= 15 is 0 Å². The van der Waals surface area contributed by atoms with Gasteiger partial charge in [0.1, 0.15) is 12.2 Å². The maximum absolute atomic E-state index is 12.3. The maximum Gasteiger partial charge on any atom is 0.317 e. The number of piperidine rings is 1. The van der Waals surface area contributed by atoms with Gasteiger partial charge in [-0.25, -0.2) is 4.79 Å². The summed E-state index contributed by atoms with van der Waals surface area (Å²) in [6.45, 7) is 5.00. The molecular formula is C18H31N5O2. The lowest BCUT2D eigenvalue weighted by atomic mass is 9.88. The number of aromatic nitrogens is 3. The number of aryl methyl sites for hydroxylation is 1. The Morgan fingerprint density at radius 1 is 1.28 bits per heavy atom. The molecule has 0 bridgehead atoms. The zero-order valence-electron chi connectivity index (χ0n) is 15.5. The van der Waals surface area contributed by atoms with Crippen LogP contribution < -0.4 is 5.32 Å². The average molecular weight is 349 g/mol. The lowest BCUT2D eigenvalue weighted by Crippen LogP contribution is -2.45. The van der Waals surface area contributed by atoms with Gasteiger partial charge in [0.25, 0.3) is 0 Å². The largest absolute Gasteiger partial charge is 0.376 e. The molecule has 1 saturated carbocycles. The fourth-order valence-electron chi connectivity index (χ4n) is 4.01. The van der Waals surface area contributed by atoms with E-state index in [1.54, 1.807) is 6.33 Å². The number of likely N-dealkylation sites (tertiary alicyclic amines) is 1. The number of carbonyl (C=O) groups is 1. The standard InChI is InChI=1S/C18H31N5O2/c1-14-5-3-4-6-16(14)25-12-9-19-18(24)23-10-7-15(8-11-23)17-21-20-13-22(17)2/h13-16H,3-12H2,1-2H3,(H,19,24)/t14-,16-/m0/s1. The van der Waals surface area contributed by atoms with Crippen LogP contribution in [0.5, 0.6) is 0 Å². The first kappa shape index (κ1) is 18.2. The molecule has 2 atom stereocenters. The van der Waals surface area contributed by atoms with Crippen molar-refractivity contribution in [1.82, 2.24) is 25.0 Å². The first-order valence-corrected chi connectivity index (χ1v) is 9.63. The van der Waals surface area contributed by atoms with Crippen LogP contribution in [0, 0.1) is 5.92 Å². The van der Waals surface area contributed by atoms with Crippen LogP contribution in [-0.4, -0.2) is 58.0 Å². The summed E-state index contributed by atoms with van der Waals surface area (Å²) in [7, 11) is 1.97. The molecule has 1 aromatic rings. The van der Waals surface area contributed by atoms with E-state index < -0.39 is 0 Å². The summed E-state index contributed by atoms with van der Waals surface area (Å²) >= 11 is 0. The second kappa shape index (κ2) is 8.65. The van der Waals surface area contributed by atoms with E-state index in [1.807, 2.05) is 16.5 Å². The van der Waals surface area contributed by atoms with Gasteiger partial charge in [0.05, 0.1) is 12.7 Å². The Bertz CT molecular complexity index is 553. The zero-order valence-corrected chi connectivity index (χ0v) is 15.5. The summed E-state index contributed by atoms with van der Waals surface area (Å²) in [5.74, 6) is 2.06. The van der Waals surface area contributed by atoms with Crippen molar-refractivity contribution in [3.8, 4) is 0 Å². The molecule has 140 valence electrons. The van der Waals surface area contributed by atoms with Crippen molar-refractivity contribution in [2.45, 2.75) is 57.5 Å². The molecule has 0 spiro atoms. The highest BCUT2D eigenvalue weighted by atomic mass is 16.5. The number of urea groups is 1. The van der Waals surface area contributed by atoms with Crippen molar-refractivity contribution < 1.29 is 9.53 Å². The van der Waals surface area contributed by atoms with Crippen molar-refractivity contribution >= 4 is 6.03 Å². The van der Waals surface area contributed by atoms with Gasteiger partial charge in [-0.3, -0.25) is 0 Å². The highest BCUT2D eigenvalue weighted by molar-refractivity contribution is 5.74. The van der Waals surface area contributed by atoms with Crippen molar-refractivity contribution in [3.63, 3.8) is 0 Å². The summed E-state index contributed by atoms with van der Waals surface area (Å²) in [5.41, 5.74) is 0. The van der Waals surface area contributed by atoms with Gasteiger partial charge in [-0.15, -0.1) is 10.2 Å². The normalized spacial score (nSPS) is 25.1. The summed E-state index contributed by atoms with van der Waals surface area (Å²) in [4.78, 5) is 14.2. The van der Waals surface area contributed by atoms with Gasteiger partial charge in [0.15, 0.2) is 0 Å². The molecule has 2 amide bonds. The number of rotatable bonds is 5. The lowest BCUT2D eigenvalue weighted by Gasteiger charge is -2.32. The minimum absolute atomic E-state index is 0.0247. The van der Waals surface area contributed by atoms with Crippen LogP contribution in [0.1, 0.15) is 57.2 Å². The van der Waals surface area contributed by atoms with Gasteiger partial charge < -0.3 is 19.5 Å². The molecule has 3 rings (SSSR count). The molecule has 1 aromatic heterocycles. The lowest BCUT2D eigenvalue weighted by molar-refractivity contribution is -0.00277. The van der Waals surface area contributed by atoms with Crippen LogP contribution >= 0.6 is 0 Å². The van der Waals surface area contributed by atoms with Crippen molar-refractivity contribution in [2.24, 2.45) is 13.0 Å². The molecule has 0 radical (unpaired) electrons. The van der Waals surface area contributed by atoms with Crippen molar-refractivity contribution in [3.05, 3.63) is 12.2 Å². The Balaban J connectivity index is 1.33. The fraction of sp³-hybridized carbons (Fsp3) is 0.833. The van der Waals surface area contributed by atoms with Crippen LogP contribution in [0.3, 0.4) is 0 Å². The fourth-order valence-corrected chi connectivity index (χ4v) is 4.01. The zero-order chi connectivity index (χ0) is 17.6. The molecule has 7 nitrogen and oxygen atoms in total. The summed E-state index contributed by atoms with van der Waals surface area (Å²) in [6, 6.07) is 0.0247. The molecule has 1 N–H and O–H groups in total. The minimum atomic E-state index is 0.0247. The van der Waals surface area contributed by atoms with Gasteiger partial charge in [-0.05, 0) is 31.6 Å². The third-order valence-electron chi connectivity index (χ3n) is 5.64. The highest BCUT2D eigenvalue weighted by Crippen LogP contribution is 2.27. The Kier molecular flexibility index (Phi) is 6.29.